The number of aromatic nitrogens is 1. The van der Waals surface area contributed by atoms with Crippen molar-refractivity contribution < 1.29 is 28.2 Å². The number of sulfonamides is 1. The van der Waals surface area contributed by atoms with E-state index in [4.69, 9.17) is 10.2 Å². The zero-order chi connectivity index (χ0) is 15.3. The Hall–Kier alpha value is -1.52. The van der Waals surface area contributed by atoms with Crippen LogP contribution in [0.4, 0.5) is 0 Å². The van der Waals surface area contributed by atoms with E-state index in [1.807, 2.05) is 4.72 Å². The molecular weight excluding hydrogens is 356 g/mol. The summed E-state index contributed by atoms with van der Waals surface area (Å²) in [6.45, 7) is 0. The van der Waals surface area contributed by atoms with Crippen molar-refractivity contribution in [3.8, 4) is 0 Å². The Morgan fingerprint density at radius 2 is 2.00 bits per heavy atom. The first-order valence-corrected chi connectivity index (χ1v) is 7.57. The Balaban J connectivity index is 2.91. The molecule has 0 aromatic carbocycles. The molecular formula is C10H11BrN2O6S. The smallest absolute Gasteiger partial charge is 0.321 e. The first kappa shape index (κ1) is 16.5. The summed E-state index contributed by atoms with van der Waals surface area (Å²) in [6.07, 6.45) is 1.61. The first-order chi connectivity index (χ1) is 9.22. The highest BCUT2D eigenvalue weighted by Crippen LogP contribution is 2.15. The van der Waals surface area contributed by atoms with Gasteiger partial charge in [-0.05, 0) is 28.4 Å². The van der Waals surface area contributed by atoms with Gasteiger partial charge in [-0.1, -0.05) is 0 Å². The zero-order valence-electron chi connectivity index (χ0n) is 9.98. The van der Waals surface area contributed by atoms with E-state index in [0.29, 0.717) is 4.47 Å². The van der Waals surface area contributed by atoms with Gasteiger partial charge in [0, 0.05) is 23.3 Å². The molecule has 0 bridgehead atoms. The van der Waals surface area contributed by atoms with Crippen LogP contribution < -0.4 is 4.72 Å². The molecule has 1 aromatic heterocycles. The van der Waals surface area contributed by atoms with E-state index in [2.05, 4.69) is 20.9 Å². The number of carboxylic acid groups (broad SMARTS) is 2. The van der Waals surface area contributed by atoms with Crippen LogP contribution in [0.1, 0.15) is 12.8 Å². The molecule has 0 spiro atoms. The zero-order valence-corrected chi connectivity index (χ0v) is 12.4. The Labute approximate surface area is 123 Å². The van der Waals surface area contributed by atoms with E-state index in [0.717, 1.165) is 6.20 Å². The number of rotatable bonds is 7. The molecule has 0 radical (unpaired) electrons. The Kier molecular flexibility index (Phi) is 5.60. The summed E-state index contributed by atoms with van der Waals surface area (Å²) < 4.78 is 26.3. The molecule has 0 aliphatic rings. The number of nitrogens with one attached hydrogen (secondary N) is 1. The molecule has 1 aromatic rings. The van der Waals surface area contributed by atoms with E-state index in [-0.39, 0.29) is 11.3 Å². The Morgan fingerprint density at radius 1 is 1.35 bits per heavy atom. The van der Waals surface area contributed by atoms with Crippen molar-refractivity contribution in [1.82, 2.24) is 9.71 Å². The van der Waals surface area contributed by atoms with Crippen LogP contribution in [0.2, 0.25) is 0 Å². The van der Waals surface area contributed by atoms with E-state index in [9.17, 15) is 18.0 Å². The molecule has 0 aliphatic heterocycles. The summed E-state index contributed by atoms with van der Waals surface area (Å²) in [4.78, 5) is 24.8. The van der Waals surface area contributed by atoms with E-state index in [1.165, 1.54) is 12.3 Å². The number of carbonyl (C=O) groups is 2. The molecule has 0 unspecified atom stereocenters. The minimum atomic E-state index is -4.09. The number of hydrogen-bond donors (Lipinski definition) is 3. The lowest BCUT2D eigenvalue weighted by Crippen LogP contribution is -2.41. The minimum Gasteiger partial charge on any atom is -0.481 e. The maximum atomic E-state index is 12.0. The quantitative estimate of drug-likeness (QED) is 0.637. The number of pyridine rings is 1. The van der Waals surface area contributed by atoms with Crippen molar-refractivity contribution >= 4 is 37.9 Å². The largest absolute Gasteiger partial charge is 0.481 e. The van der Waals surface area contributed by atoms with E-state index in [1.54, 1.807) is 0 Å². The van der Waals surface area contributed by atoms with Crippen LogP contribution >= 0.6 is 15.9 Å². The summed E-state index contributed by atoms with van der Waals surface area (Å²) in [7, 11) is -4.09. The van der Waals surface area contributed by atoms with Gasteiger partial charge in [0.05, 0.1) is 0 Å². The van der Waals surface area contributed by atoms with Gasteiger partial charge in [0.2, 0.25) is 10.0 Å². The van der Waals surface area contributed by atoms with Crippen LogP contribution in [-0.4, -0.2) is 41.6 Å². The van der Waals surface area contributed by atoms with E-state index >= 15 is 0 Å². The molecule has 20 heavy (non-hydrogen) atoms. The van der Waals surface area contributed by atoms with Gasteiger partial charge >= 0.3 is 11.9 Å². The lowest BCUT2D eigenvalue weighted by Gasteiger charge is -2.13. The average Bonchev–Trinajstić information content (AvgIpc) is 2.34. The number of carboxylic acids is 2. The summed E-state index contributed by atoms with van der Waals surface area (Å²) in [5.41, 5.74) is 0. The predicted molar refractivity (Wildman–Crippen MR) is 70.6 cm³/mol. The van der Waals surface area contributed by atoms with Crippen LogP contribution in [-0.2, 0) is 19.6 Å². The van der Waals surface area contributed by atoms with Crippen molar-refractivity contribution in [1.29, 1.82) is 0 Å². The molecule has 10 heteroatoms. The SMILES string of the molecule is O=C(O)CC[C@H](NS(=O)(=O)c1cncc(Br)c1)C(=O)O. The third-order valence-electron chi connectivity index (χ3n) is 2.23. The van der Waals surface area contributed by atoms with E-state index < -0.39 is 34.4 Å². The molecule has 1 heterocycles. The Bertz CT molecular complexity index is 618. The lowest BCUT2D eigenvalue weighted by atomic mass is 10.2. The molecule has 0 aliphatic carbocycles. The fraction of sp³-hybridized carbons (Fsp3) is 0.300. The van der Waals surface area contributed by atoms with Crippen LogP contribution in [0.5, 0.6) is 0 Å². The highest BCUT2D eigenvalue weighted by molar-refractivity contribution is 9.10. The Morgan fingerprint density at radius 3 is 2.50 bits per heavy atom. The van der Waals surface area contributed by atoms with Gasteiger partial charge in [0.1, 0.15) is 10.9 Å². The maximum absolute atomic E-state index is 12.0. The molecule has 0 amide bonds. The second-order valence-electron chi connectivity index (χ2n) is 3.78. The maximum Gasteiger partial charge on any atom is 0.321 e. The third kappa shape index (κ3) is 4.87. The topological polar surface area (TPSA) is 134 Å². The van der Waals surface area contributed by atoms with Crippen molar-refractivity contribution in [2.45, 2.75) is 23.8 Å². The van der Waals surface area contributed by atoms with Crippen LogP contribution in [0.25, 0.3) is 0 Å². The monoisotopic (exact) mass is 366 g/mol. The lowest BCUT2D eigenvalue weighted by molar-refractivity contribution is -0.140. The van der Waals surface area contributed by atoms with Gasteiger partial charge in [-0.2, -0.15) is 4.72 Å². The number of aliphatic carboxylic acids is 2. The molecule has 1 atom stereocenters. The molecule has 0 saturated carbocycles. The van der Waals surface area contributed by atoms with Crippen LogP contribution in [0, 0.1) is 0 Å². The van der Waals surface area contributed by atoms with Crippen molar-refractivity contribution in [2.24, 2.45) is 0 Å². The van der Waals surface area contributed by atoms with Crippen LogP contribution in [0.15, 0.2) is 27.8 Å². The normalized spacial score (nSPS) is 12.8. The fourth-order valence-corrected chi connectivity index (χ4v) is 3.02. The molecule has 8 nitrogen and oxygen atoms in total. The van der Waals surface area contributed by atoms with Crippen LogP contribution in [0.3, 0.4) is 0 Å². The summed E-state index contributed by atoms with van der Waals surface area (Å²) in [5.74, 6) is -2.66. The number of hydrogen-bond acceptors (Lipinski definition) is 5. The third-order valence-corrected chi connectivity index (χ3v) is 4.10. The van der Waals surface area contributed by atoms with Gasteiger partial charge in [-0.25, -0.2) is 8.42 Å². The number of halogens is 1. The summed E-state index contributed by atoms with van der Waals surface area (Å²) >= 11 is 3.05. The van der Waals surface area contributed by atoms with Crippen molar-refractivity contribution in [3.63, 3.8) is 0 Å². The van der Waals surface area contributed by atoms with Crippen molar-refractivity contribution in [3.05, 3.63) is 22.9 Å². The van der Waals surface area contributed by atoms with Gasteiger partial charge in [-0.15, -0.1) is 0 Å². The number of nitrogens with zero attached hydrogens (tertiary/aromatic N) is 1. The molecule has 110 valence electrons. The summed E-state index contributed by atoms with van der Waals surface area (Å²) in [6, 6.07) is -0.263. The predicted octanol–water partition coefficient (Wildman–Crippen LogP) is 0.440. The van der Waals surface area contributed by atoms with Gasteiger partial charge in [0.25, 0.3) is 0 Å². The molecule has 3 N–H and O–H groups in total. The molecule has 0 fully saturated rings. The van der Waals surface area contributed by atoms with Crippen molar-refractivity contribution in [2.75, 3.05) is 0 Å². The molecule has 0 saturated heterocycles. The fourth-order valence-electron chi connectivity index (χ4n) is 1.30. The van der Waals surface area contributed by atoms with Gasteiger partial charge < -0.3 is 10.2 Å². The molecule has 1 rings (SSSR count). The second-order valence-corrected chi connectivity index (χ2v) is 6.41. The second kappa shape index (κ2) is 6.77. The van der Waals surface area contributed by atoms with Gasteiger partial charge in [-0.3, -0.25) is 14.6 Å². The highest BCUT2D eigenvalue weighted by atomic mass is 79.9. The standard InChI is InChI=1S/C10H11BrN2O6S/c11-6-3-7(5-12-4-6)20(18,19)13-8(10(16)17)1-2-9(14)15/h3-5,8,13H,1-2H2,(H,14,15)(H,16,17)/t8-/m0/s1. The highest BCUT2D eigenvalue weighted by Gasteiger charge is 2.26. The summed E-state index contributed by atoms with van der Waals surface area (Å²) in [5, 5.41) is 17.4. The van der Waals surface area contributed by atoms with Gasteiger partial charge in [0.15, 0.2) is 0 Å². The first-order valence-electron chi connectivity index (χ1n) is 5.30. The average molecular weight is 367 g/mol. The minimum absolute atomic E-state index is 0.214.